The Labute approximate surface area is 157 Å². The third kappa shape index (κ3) is 6.09. The molecule has 0 spiro atoms. The summed E-state index contributed by atoms with van der Waals surface area (Å²) in [6, 6.07) is 5.14. The van der Waals surface area contributed by atoms with Crippen molar-refractivity contribution in [3.63, 3.8) is 0 Å². The molecule has 0 fully saturated rings. The molecule has 2 aromatic heterocycles. The zero-order chi connectivity index (χ0) is 15.9. The van der Waals surface area contributed by atoms with Crippen LogP contribution in [-0.2, 0) is 0 Å². The fraction of sp³-hybridized carbons (Fsp3) is 0.267. The summed E-state index contributed by atoms with van der Waals surface area (Å²) >= 11 is 1.29. The second-order valence-electron chi connectivity index (χ2n) is 4.75. The molecule has 1 unspecified atom stereocenters. The van der Waals surface area contributed by atoms with Crippen molar-refractivity contribution in [1.29, 1.82) is 0 Å². The molecule has 2 heterocycles. The number of thiophene rings is 1. The highest BCUT2D eigenvalue weighted by Crippen LogP contribution is 2.22. The maximum Gasteiger partial charge on any atom is 0.263 e. The first-order chi connectivity index (χ1) is 10.6. The van der Waals surface area contributed by atoms with Gasteiger partial charge in [0.2, 0.25) is 0 Å². The van der Waals surface area contributed by atoms with Gasteiger partial charge in [-0.05, 0) is 37.6 Å². The van der Waals surface area contributed by atoms with E-state index in [-0.39, 0.29) is 42.7 Å². The van der Waals surface area contributed by atoms with Crippen LogP contribution in [0.15, 0.2) is 36.0 Å². The van der Waals surface area contributed by atoms with Crippen molar-refractivity contribution in [3.8, 4) is 0 Å². The molecule has 0 aliphatic heterocycles. The molecule has 0 aromatic carbocycles. The SMILES string of the molecule is CNC(C)CNC(=O)c1sccc1NC(=O)c1ccncc1.Cl.Cl. The summed E-state index contributed by atoms with van der Waals surface area (Å²) in [5, 5.41) is 10.4. The molecule has 24 heavy (non-hydrogen) atoms. The molecular formula is C15H20Cl2N4O2S. The van der Waals surface area contributed by atoms with Crippen LogP contribution in [0.4, 0.5) is 5.69 Å². The maximum absolute atomic E-state index is 12.2. The molecule has 0 aliphatic carbocycles. The summed E-state index contributed by atoms with van der Waals surface area (Å²) in [4.78, 5) is 28.7. The standard InChI is InChI=1S/C15H18N4O2S.2ClH/c1-10(16-2)9-18-15(21)13-12(5-8-22-13)19-14(20)11-3-6-17-7-4-11;;/h3-8,10,16H,9H2,1-2H3,(H,18,21)(H,19,20);2*1H. The van der Waals surface area contributed by atoms with Gasteiger partial charge in [0, 0.05) is 30.5 Å². The number of anilines is 1. The van der Waals surface area contributed by atoms with Crippen molar-refractivity contribution < 1.29 is 9.59 Å². The second-order valence-corrected chi connectivity index (χ2v) is 5.67. The molecule has 0 bridgehead atoms. The molecule has 0 saturated heterocycles. The Hall–Kier alpha value is -1.67. The van der Waals surface area contributed by atoms with Gasteiger partial charge in [0.05, 0.1) is 5.69 Å². The van der Waals surface area contributed by atoms with E-state index in [1.54, 1.807) is 36.0 Å². The predicted molar refractivity (Wildman–Crippen MR) is 102 cm³/mol. The average Bonchev–Trinajstić information content (AvgIpc) is 3.01. The Balaban J connectivity index is 0.00000264. The fourth-order valence-electron chi connectivity index (χ4n) is 1.71. The summed E-state index contributed by atoms with van der Waals surface area (Å²) < 4.78 is 0. The Morgan fingerprint density at radius 3 is 2.46 bits per heavy atom. The summed E-state index contributed by atoms with van der Waals surface area (Å²) in [5.74, 6) is -0.458. The first kappa shape index (κ1) is 22.3. The molecule has 2 rings (SSSR count). The summed E-state index contributed by atoms with van der Waals surface area (Å²) in [6.07, 6.45) is 3.10. The molecule has 1 atom stereocenters. The highest BCUT2D eigenvalue weighted by molar-refractivity contribution is 7.12. The number of nitrogens with one attached hydrogen (secondary N) is 3. The molecule has 0 radical (unpaired) electrons. The molecule has 6 nitrogen and oxygen atoms in total. The highest BCUT2D eigenvalue weighted by atomic mass is 35.5. The van der Waals surface area contributed by atoms with Crippen molar-refractivity contribution in [2.45, 2.75) is 13.0 Å². The summed E-state index contributed by atoms with van der Waals surface area (Å²) in [5.41, 5.74) is 1.01. The number of hydrogen-bond acceptors (Lipinski definition) is 5. The summed E-state index contributed by atoms with van der Waals surface area (Å²) in [6.45, 7) is 2.49. The first-order valence-corrected chi connectivity index (χ1v) is 7.74. The second kappa shape index (κ2) is 11.0. The van der Waals surface area contributed by atoms with Gasteiger partial charge < -0.3 is 16.0 Å². The minimum atomic E-state index is -0.265. The number of amides is 2. The predicted octanol–water partition coefficient (Wildman–Crippen LogP) is 2.58. The van der Waals surface area contributed by atoms with Crippen LogP contribution in [0.5, 0.6) is 0 Å². The van der Waals surface area contributed by atoms with E-state index < -0.39 is 0 Å². The smallest absolute Gasteiger partial charge is 0.263 e. The Kier molecular flexibility index (Phi) is 10.2. The van der Waals surface area contributed by atoms with Crippen molar-refractivity contribution in [1.82, 2.24) is 15.6 Å². The van der Waals surface area contributed by atoms with Crippen molar-refractivity contribution >= 4 is 53.7 Å². The number of rotatable bonds is 6. The van der Waals surface area contributed by atoms with Crippen molar-refractivity contribution in [2.24, 2.45) is 0 Å². The lowest BCUT2D eigenvalue weighted by molar-refractivity contribution is 0.0955. The van der Waals surface area contributed by atoms with Crippen LogP contribution in [0.25, 0.3) is 0 Å². The van der Waals surface area contributed by atoms with E-state index in [1.165, 1.54) is 11.3 Å². The van der Waals surface area contributed by atoms with Crippen LogP contribution in [0.3, 0.4) is 0 Å². The van der Waals surface area contributed by atoms with Gasteiger partial charge in [-0.2, -0.15) is 0 Å². The molecule has 9 heteroatoms. The maximum atomic E-state index is 12.2. The van der Waals surface area contributed by atoms with E-state index in [9.17, 15) is 9.59 Å². The van der Waals surface area contributed by atoms with Crippen LogP contribution in [0.2, 0.25) is 0 Å². The minimum Gasteiger partial charge on any atom is -0.350 e. The Bertz CT molecular complexity index is 652. The van der Waals surface area contributed by atoms with E-state index in [0.717, 1.165) is 0 Å². The lowest BCUT2D eigenvalue weighted by Gasteiger charge is -2.11. The number of nitrogens with zero attached hydrogens (tertiary/aromatic N) is 1. The number of halogens is 2. The van der Waals surface area contributed by atoms with Gasteiger partial charge in [-0.15, -0.1) is 36.2 Å². The highest BCUT2D eigenvalue weighted by Gasteiger charge is 2.16. The monoisotopic (exact) mass is 390 g/mol. The minimum absolute atomic E-state index is 0. The van der Waals surface area contributed by atoms with E-state index in [0.29, 0.717) is 22.7 Å². The van der Waals surface area contributed by atoms with Gasteiger partial charge in [-0.25, -0.2) is 0 Å². The molecule has 2 aromatic rings. The zero-order valence-electron chi connectivity index (χ0n) is 13.2. The van der Waals surface area contributed by atoms with Crippen LogP contribution in [0, 0.1) is 0 Å². The van der Waals surface area contributed by atoms with Gasteiger partial charge in [0.1, 0.15) is 4.88 Å². The number of pyridine rings is 1. The normalized spacial score (nSPS) is 10.8. The third-order valence-corrected chi connectivity index (χ3v) is 4.04. The number of aromatic nitrogens is 1. The van der Waals surface area contributed by atoms with Gasteiger partial charge in [0.15, 0.2) is 0 Å². The number of likely N-dealkylation sites (N-methyl/N-ethyl adjacent to an activating group) is 1. The first-order valence-electron chi connectivity index (χ1n) is 6.86. The third-order valence-electron chi connectivity index (χ3n) is 3.12. The van der Waals surface area contributed by atoms with Crippen LogP contribution < -0.4 is 16.0 Å². The lowest BCUT2D eigenvalue weighted by atomic mass is 10.2. The topological polar surface area (TPSA) is 83.1 Å². The van der Waals surface area contributed by atoms with Gasteiger partial charge in [-0.1, -0.05) is 0 Å². The van der Waals surface area contributed by atoms with Crippen LogP contribution >= 0.6 is 36.2 Å². The fourth-order valence-corrected chi connectivity index (χ4v) is 2.47. The number of carbonyl (C=O) groups excluding carboxylic acids is 2. The molecule has 3 N–H and O–H groups in total. The summed E-state index contributed by atoms with van der Waals surface area (Å²) in [7, 11) is 1.84. The van der Waals surface area contributed by atoms with Gasteiger partial charge in [-0.3, -0.25) is 14.6 Å². The molecule has 0 aliphatic rings. The van der Waals surface area contributed by atoms with Gasteiger partial charge >= 0.3 is 0 Å². The van der Waals surface area contributed by atoms with E-state index in [2.05, 4.69) is 20.9 Å². The van der Waals surface area contributed by atoms with E-state index in [1.807, 2.05) is 14.0 Å². The number of hydrogen-bond donors (Lipinski definition) is 3. The molecule has 0 saturated carbocycles. The van der Waals surface area contributed by atoms with Crippen LogP contribution in [-0.4, -0.2) is 36.4 Å². The quantitative estimate of drug-likeness (QED) is 0.707. The van der Waals surface area contributed by atoms with E-state index >= 15 is 0 Å². The molecular weight excluding hydrogens is 371 g/mol. The largest absolute Gasteiger partial charge is 0.350 e. The molecule has 2 amide bonds. The average molecular weight is 391 g/mol. The Morgan fingerprint density at radius 1 is 1.17 bits per heavy atom. The van der Waals surface area contributed by atoms with Crippen LogP contribution in [0.1, 0.15) is 27.0 Å². The molecule has 132 valence electrons. The van der Waals surface area contributed by atoms with Crippen molar-refractivity contribution in [3.05, 3.63) is 46.4 Å². The lowest BCUT2D eigenvalue weighted by Crippen LogP contribution is -2.37. The van der Waals surface area contributed by atoms with Gasteiger partial charge in [0.25, 0.3) is 11.8 Å². The van der Waals surface area contributed by atoms with Crippen molar-refractivity contribution in [2.75, 3.05) is 18.9 Å². The Morgan fingerprint density at radius 2 is 1.83 bits per heavy atom. The van der Waals surface area contributed by atoms with E-state index in [4.69, 9.17) is 0 Å². The zero-order valence-corrected chi connectivity index (χ0v) is 15.7. The number of carbonyl (C=O) groups is 2.